The van der Waals surface area contributed by atoms with Crippen LogP contribution in [0.5, 0.6) is 0 Å². The molecule has 0 aliphatic carbocycles. The molecule has 1 atom stereocenters. The number of carbonyl (C=O) groups excluding carboxylic acids is 2. The number of esters is 1. The summed E-state index contributed by atoms with van der Waals surface area (Å²) in [5.41, 5.74) is 8.38. The molecule has 0 unspecified atom stereocenters. The molecule has 2 aromatic carbocycles. The molecule has 5 aromatic rings. The molecule has 3 aromatic heterocycles. The molecular weight excluding hydrogens is 627 g/mol. The van der Waals surface area contributed by atoms with Gasteiger partial charge in [0.1, 0.15) is 11.6 Å². The minimum atomic E-state index is -0.215. The Labute approximate surface area is 282 Å². The van der Waals surface area contributed by atoms with Crippen molar-refractivity contribution in [2.75, 3.05) is 39.1 Å². The molecule has 12 heteroatoms. The lowest BCUT2D eigenvalue weighted by Crippen LogP contribution is -2.25. The Hall–Kier alpha value is -4.96. The van der Waals surface area contributed by atoms with Crippen LogP contribution in [0, 0.1) is 31.1 Å². The Morgan fingerprint density at radius 1 is 1.12 bits per heavy atom. The summed E-state index contributed by atoms with van der Waals surface area (Å²) < 4.78 is 11.1. The number of pyridine rings is 1. The molecule has 5 heterocycles. The predicted molar refractivity (Wildman–Crippen MR) is 182 cm³/mol. The van der Waals surface area contributed by atoms with Crippen molar-refractivity contribution in [2.45, 2.75) is 39.8 Å². The first kappa shape index (κ1) is 31.6. The van der Waals surface area contributed by atoms with Gasteiger partial charge in [-0.2, -0.15) is 5.26 Å². The second-order valence-electron chi connectivity index (χ2n) is 12.5. The first-order chi connectivity index (χ1) is 23.2. The lowest BCUT2D eigenvalue weighted by atomic mass is 9.95. The number of hydrogen-bond donors (Lipinski definition) is 1. The van der Waals surface area contributed by atoms with Gasteiger partial charge in [-0.3, -0.25) is 19.5 Å². The number of aromatic nitrogens is 3. The Balaban J connectivity index is 1.15. The van der Waals surface area contributed by atoms with Crippen molar-refractivity contribution in [1.29, 1.82) is 5.26 Å². The summed E-state index contributed by atoms with van der Waals surface area (Å²) in [5, 5.41) is 13.5. The van der Waals surface area contributed by atoms with E-state index in [4.69, 9.17) is 14.1 Å². The molecule has 0 bridgehead atoms. The highest BCUT2D eigenvalue weighted by Gasteiger charge is 2.29. The van der Waals surface area contributed by atoms with Crippen LogP contribution in [0.1, 0.15) is 49.0 Å². The van der Waals surface area contributed by atoms with Crippen molar-refractivity contribution >= 4 is 40.0 Å². The lowest BCUT2D eigenvalue weighted by Gasteiger charge is -2.20. The van der Waals surface area contributed by atoms with Gasteiger partial charge in [0.25, 0.3) is 5.91 Å². The van der Waals surface area contributed by atoms with E-state index >= 15 is 0 Å². The van der Waals surface area contributed by atoms with E-state index in [1.165, 1.54) is 18.4 Å². The molecule has 0 radical (unpaired) electrons. The van der Waals surface area contributed by atoms with E-state index in [9.17, 15) is 14.9 Å². The summed E-state index contributed by atoms with van der Waals surface area (Å²) in [5.74, 6) is -0.167. The number of likely N-dealkylation sites (tertiary alicyclic amines) is 1. The molecular formula is C36H35N7O4S. The van der Waals surface area contributed by atoms with Gasteiger partial charge in [-0.25, -0.2) is 9.97 Å². The Morgan fingerprint density at radius 2 is 1.96 bits per heavy atom. The van der Waals surface area contributed by atoms with Crippen LogP contribution in [-0.2, 0) is 29.0 Å². The van der Waals surface area contributed by atoms with E-state index in [0.717, 1.165) is 70.9 Å². The number of nitriles is 1. The largest absolute Gasteiger partial charge is 0.469 e. The minimum absolute atomic E-state index is 0.137. The maximum Gasteiger partial charge on any atom is 0.310 e. The summed E-state index contributed by atoms with van der Waals surface area (Å²) in [7, 11) is 3.49. The number of carbonyl (C=O) groups is 2. The van der Waals surface area contributed by atoms with Gasteiger partial charge in [-0.05, 0) is 74.3 Å². The van der Waals surface area contributed by atoms with Crippen molar-refractivity contribution in [3.63, 3.8) is 0 Å². The van der Waals surface area contributed by atoms with Crippen LogP contribution in [0.25, 0.3) is 33.7 Å². The van der Waals surface area contributed by atoms with Crippen LogP contribution < -0.4 is 5.32 Å². The molecule has 11 nitrogen and oxygen atoms in total. The number of likely N-dealkylation sites (N-methyl/N-ethyl adjacent to an activating group) is 1. The van der Waals surface area contributed by atoms with Crippen molar-refractivity contribution in [3.05, 3.63) is 80.6 Å². The van der Waals surface area contributed by atoms with Crippen LogP contribution >= 0.6 is 11.3 Å². The standard InChI is InChI=1S/C36H35N7O4S/c1-20-26(25-6-5-7-28(21(25)2)39-33(44)35-41-29-9-10-42(3)19-31(29)48-35)15-38-16-27(20)34-40-30-13-22(12-24(14-37)32(30)47-34)17-43-11-8-23(18-43)36(45)46-4/h5-7,12-13,15-16,23H,8-11,17-19H2,1-4H3,(H,39,44)/t23-/m1/s1. The number of oxazole rings is 1. The number of amides is 1. The smallest absolute Gasteiger partial charge is 0.310 e. The van der Waals surface area contributed by atoms with Gasteiger partial charge in [0.2, 0.25) is 5.89 Å². The first-order valence-electron chi connectivity index (χ1n) is 15.9. The zero-order valence-electron chi connectivity index (χ0n) is 27.3. The molecule has 244 valence electrons. The highest BCUT2D eigenvalue weighted by molar-refractivity contribution is 7.13. The third kappa shape index (κ3) is 5.96. The van der Waals surface area contributed by atoms with Crippen molar-refractivity contribution in [2.24, 2.45) is 5.92 Å². The van der Waals surface area contributed by atoms with Crippen molar-refractivity contribution < 1.29 is 18.7 Å². The number of hydrogen-bond acceptors (Lipinski definition) is 11. The molecule has 2 aliphatic rings. The van der Waals surface area contributed by atoms with Crippen LogP contribution in [0.4, 0.5) is 5.69 Å². The number of anilines is 1. The predicted octanol–water partition coefficient (Wildman–Crippen LogP) is 5.74. The number of methoxy groups -OCH3 is 1. The molecule has 48 heavy (non-hydrogen) atoms. The van der Waals surface area contributed by atoms with E-state index < -0.39 is 0 Å². The van der Waals surface area contributed by atoms with Crippen LogP contribution in [0.15, 0.2) is 47.1 Å². The van der Waals surface area contributed by atoms with Crippen molar-refractivity contribution in [3.8, 4) is 28.7 Å². The van der Waals surface area contributed by atoms with Gasteiger partial charge in [-0.15, -0.1) is 11.3 Å². The maximum atomic E-state index is 13.3. The van der Waals surface area contributed by atoms with E-state index in [-0.39, 0.29) is 17.8 Å². The highest BCUT2D eigenvalue weighted by atomic mass is 32.1. The number of fused-ring (bicyclic) bond motifs is 2. The second-order valence-corrected chi connectivity index (χ2v) is 13.6. The zero-order chi connectivity index (χ0) is 33.5. The fraction of sp³-hybridized carbons (Fsp3) is 0.333. The number of ether oxygens (including phenoxy) is 1. The summed E-state index contributed by atoms with van der Waals surface area (Å²) >= 11 is 1.46. The molecule has 0 spiro atoms. The normalized spacial score (nSPS) is 16.5. The summed E-state index contributed by atoms with van der Waals surface area (Å²) in [6.07, 6.45) is 5.12. The molecule has 7 rings (SSSR count). The lowest BCUT2D eigenvalue weighted by molar-refractivity contribution is -0.144. The van der Waals surface area contributed by atoms with E-state index in [1.54, 1.807) is 12.4 Å². The van der Waals surface area contributed by atoms with E-state index in [2.05, 4.69) is 38.2 Å². The fourth-order valence-electron chi connectivity index (χ4n) is 6.65. The van der Waals surface area contributed by atoms with Gasteiger partial charge in [0.05, 0.1) is 29.8 Å². The third-order valence-electron chi connectivity index (χ3n) is 9.32. The highest BCUT2D eigenvalue weighted by Crippen LogP contribution is 2.36. The number of nitrogens with one attached hydrogen (secondary N) is 1. The summed E-state index contributed by atoms with van der Waals surface area (Å²) in [6.45, 7) is 7.70. The Bertz CT molecular complexity index is 2110. The average molecular weight is 662 g/mol. The Kier molecular flexibility index (Phi) is 8.51. The molecule has 0 saturated carbocycles. The molecule has 1 fully saturated rings. The summed E-state index contributed by atoms with van der Waals surface area (Å²) in [4.78, 5) is 44.8. The Morgan fingerprint density at radius 3 is 2.77 bits per heavy atom. The van der Waals surface area contributed by atoms with Crippen LogP contribution in [-0.4, -0.2) is 70.4 Å². The van der Waals surface area contributed by atoms with Gasteiger partial charge in [0.15, 0.2) is 10.6 Å². The number of rotatable bonds is 7. The molecule has 1 saturated heterocycles. The van der Waals surface area contributed by atoms with Gasteiger partial charge in [-0.1, -0.05) is 12.1 Å². The summed E-state index contributed by atoms with van der Waals surface area (Å²) in [6, 6.07) is 11.8. The van der Waals surface area contributed by atoms with Gasteiger partial charge in [0, 0.05) is 61.1 Å². The van der Waals surface area contributed by atoms with E-state index in [1.807, 2.05) is 44.2 Å². The van der Waals surface area contributed by atoms with Crippen LogP contribution in [0.2, 0.25) is 0 Å². The molecule has 1 amide bonds. The first-order valence-corrected chi connectivity index (χ1v) is 16.7. The zero-order valence-corrected chi connectivity index (χ0v) is 28.1. The topological polar surface area (TPSA) is 137 Å². The molecule has 1 N–H and O–H groups in total. The quantitative estimate of drug-likeness (QED) is 0.215. The minimum Gasteiger partial charge on any atom is -0.469 e. The average Bonchev–Trinajstić information content (AvgIpc) is 3.84. The fourth-order valence-corrected chi connectivity index (χ4v) is 7.73. The maximum absolute atomic E-state index is 13.3. The number of thiazole rings is 1. The molecule has 2 aliphatic heterocycles. The van der Waals surface area contributed by atoms with E-state index in [0.29, 0.717) is 51.9 Å². The monoisotopic (exact) mass is 661 g/mol. The van der Waals surface area contributed by atoms with Gasteiger partial charge < -0.3 is 19.4 Å². The third-order valence-corrected chi connectivity index (χ3v) is 10.4. The number of benzene rings is 2. The number of nitrogens with zero attached hydrogens (tertiary/aromatic N) is 6. The van der Waals surface area contributed by atoms with Crippen molar-refractivity contribution in [1.82, 2.24) is 24.8 Å². The van der Waals surface area contributed by atoms with Gasteiger partial charge >= 0.3 is 5.97 Å². The second kappa shape index (κ2) is 12.9. The van der Waals surface area contributed by atoms with Crippen LogP contribution in [0.3, 0.4) is 0 Å². The SMILES string of the molecule is COC(=O)[C@@H]1CCN(Cc2cc(C#N)c3oc(-c4cncc(-c5cccc(NC(=O)c6nc7c(s6)CN(C)CC7)c5C)c4C)nc3c2)C1.